The molecule has 1 N–H and O–H groups in total. The molecule has 2 aromatic heterocycles. The molecule has 0 radical (unpaired) electrons. The Morgan fingerprint density at radius 1 is 1.23 bits per heavy atom. The van der Waals surface area contributed by atoms with Gasteiger partial charge >= 0.3 is 0 Å². The standard InChI is InChI=1S/C16H20ClN5/c1-2-12-3-4-16(18-10-12)22-7-5-13(6-8-22)21-15-9-14(17)19-11-20-15/h3-4,9-11,13H,2,5-8H2,1H3,(H,19,20,21). The van der Waals surface area contributed by atoms with Gasteiger partial charge in [0.15, 0.2) is 0 Å². The van der Waals surface area contributed by atoms with Gasteiger partial charge in [0, 0.05) is 31.4 Å². The van der Waals surface area contributed by atoms with E-state index in [1.807, 2.05) is 6.20 Å². The van der Waals surface area contributed by atoms with Crippen LogP contribution in [0.5, 0.6) is 0 Å². The lowest BCUT2D eigenvalue weighted by molar-refractivity contribution is 0.522. The lowest BCUT2D eigenvalue weighted by Crippen LogP contribution is -2.39. The maximum absolute atomic E-state index is 5.88. The molecule has 0 atom stereocenters. The molecule has 1 aliphatic rings. The maximum Gasteiger partial charge on any atom is 0.134 e. The van der Waals surface area contributed by atoms with Crippen molar-refractivity contribution in [2.45, 2.75) is 32.2 Å². The van der Waals surface area contributed by atoms with Crippen LogP contribution in [0.4, 0.5) is 11.6 Å². The smallest absolute Gasteiger partial charge is 0.134 e. The molecule has 0 saturated carbocycles. The van der Waals surface area contributed by atoms with Crippen LogP contribution < -0.4 is 10.2 Å². The molecule has 0 amide bonds. The third-order valence-corrected chi connectivity index (χ3v) is 4.23. The summed E-state index contributed by atoms with van der Waals surface area (Å²) >= 11 is 5.88. The van der Waals surface area contributed by atoms with E-state index in [-0.39, 0.29) is 0 Å². The Kier molecular flexibility index (Phi) is 4.73. The molecular weight excluding hydrogens is 298 g/mol. The Balaban J connectivity index is 1.55. The van der Waals surface area contributed by atoms with Gasteiger partial charge in [-0.15, -0.1) is 0 Å². The topological polar surface area (TPSA) is 53.9 Å². The highest BCUT2D eigenvalue weighted by Gasteiger charge is 2.20. The summed E-state index contributed by atoms with van der Waals surface area (Å²) in [4.78, 5) is 15.0. The predicted octanol–water partition coefficient (Wildman–Crippen LogP) is 3.17. The van der Waals surface area contributed by atoms with Crippen molar-refractivity contribution in [2.75, 3.05) is 23.3 Å². The highest BCUT2D eigenvalue weighted by Crippen LogP contribution is 2.20. The van der Waals surface area contributed by atoms with Crippen molar-refractivity contribution in [3.05, 3.63) is 41.4 Å². The summed E-state index contributed by atoms with van der Waals surface area (Å²) in [6, 6.07) is 6.46. The van der Waals surface area contributed by atoms with E-state index < -0.39 is 0 Å². The summed E-state index contributed by atoms with van der Waals surface area (Å²) < 4.78 is 0. The fourth-order valence-corrected chi connectivity index (χ4v) is 2.83. The van der Waals surface area contributed by atoms with E-state index >= 15 is 0 Å². The normalized spacial score (nSPS) is 15.8. The van der Waals surface area contributed by atoms with E-state index in [0.717, 1.165) is 44.0 Å². The largest absolute Gasteiger partial charge is 0.367 e. The van der Waals surface area contributed by atoms with Gasteiger partial charge in [-0.1, -0.05) is 24.6 Å². The average Bonchev–Trinajstić information content (AvgIpc) is 2.56. The van der Waals surface area contributed by atoms with Crippen molar-refractivity contribution in [2.24, 2.45) is 0 Å². The molecule has 0 bridgehead atoms. The number of piperidine rings is 1. The second-order valence-corrected chi connectivity index (χ2v) is 5.90. The molecule has 0 spiro atoms. The van der Waals surface area contributed by atoms with Crippen molar-refractivity contribution in [3.63, 3.8) is 0 Å². The maximum atomic E-state index is 5.88. The van der Waals surface area contributed by atoms with Gasteiger partial charge in [-0.25, -0.2) is 15.0 Å². The fraction of sp³-hybridized carbons (Fsp3) is 0.438. The zero-order valence-corrected chi connectivity index (χ0v) is 13.4. The van der Waals surface area contributed by atoms with E-state index in [9.17, 15) is 0 Å². The van der Waals surface area contributed by atoms with Gasteiger partial charge in [0.2, 0.25) is 0 Å². The quantitative estimate of drug-likeness (QED) is 0.878. The van der Waals surface area contributed by atoms with Crippen molar-refractivity contribution in [1.82, 2.24) is 15.0 Å². The molecule has 2 aromatic rings. The first-order valence-electron chi connectivity index (χ1n) is 7.68. The van der Waals surface area contributed by atoms with Gasteiger partial charge in [-0.05, 0) is 30.9 Å². The monoisotopic (exact) mass is 317 g/mol. The van der Waals surface area contributed by atoms with Crippen molar-refractivity contribution < 1.29 is 0 Å². The lowest BCUT2D eigenvalue weighted by atomic mass is 10.0. The molecule has 1 aliphatic heterocycles. The third kappa shape index (κ3) is 3.65. The van der Waals surface area contributed by atoms with E-state index in [4.69, 9.17) is 11.6 Å². The van der Waals surface area contributed by atoms with E-state index in [2.05, 4.69) is 44.2 Å². The molecular formula is C16H20ClN5. The van der Waals surface area contributed by atoms with Gasteiger partial charge in [-0.3, -0.25) is 0 Å². The average molecular weight is 318 g/mol. The van der Waals surface area contributed by atoms with E-state index in [1.165, 1.54) is 11.9 Å². The molecule has 22 heavy (non-hydrogen) atoms. The number of halogens is 1. The highest BCUT2D eigenvalue weighted by molar-refractivity contribution is 6.29. The van der Waals surface area contributed by atoms with Crippen LogP contribution >= 0.6 is 11.6 Å². The van der Waals surface area contributed by atoms with Gasteiger partial charge < -0.3 is 10.2 Å². The predicted molar refractivity (Wildman–Crippen MR) is 89.5 cm³/mol. The lowest BCUT2D eigenvalue weighted by Gasteiger charge is -2.33. The van der Waals surface area contributed by atoms with Gasteiger partial charge in [-0.2, -0.15) is 0 Å². The minimum absolute atomic E-state index is 0.414. The number of aromatic nitrogens is 3. The van der Waals surface area contributed by atoms with E-state index in [0.29, 0.717) is 11.2 Å². The third-order valence-electron chi connectivity index (χ3n) is 4.02. The number of nitrogens with zero attached hydrogens (tertiary/aromatic N) is 4. The van der Waals surface area contributed by atoms with Crippen LogP contribution in [0.1, 0.15) is 25.3 Å². The zero-order valence-electron chi connectivity index (χ0n) is 12.7. The Morgan fingerprint density at radius 2 is 2.05 bits per heavy atom. The van der Waals surface area contributed by atoms with Crippen LogP contribution in [0.25, 0.3) is 0 Å². The Morgan fingerprint density at radius 3 is 2.68 bits per heavy atom. The minimum Gasteiger partial charge on any atom is -0.367 e. The first-order valence-corrected chi connectivity index (χ1v) is 8.06. The van der Waals surface area contributed by atoms with Crippen LogP contribution in [0.2, 0.25) is 5.15 Å². The second kappa shape index (κ2) is 6.92. The molecule has 0 aliphatic carbocycles. The van der Waals surface area contributed by atoms with Gasteiger partial charge in [0.25, 0.3) is 0 Å². The summed E-state index contributed by atoms with van der Waals surface area (Å²) in [5.41, 5.74) is 1.28. The molecule has 5 nitrogen and oxygen atoms in total. The van der Waals surface area contributed by atoms with Crippen LogP contribution in [0.15, 0.2) is 30.7 Å². The first kappa shape index (κ1) is 15.0. The van der Waals surface area contributed by atoms with Crippen LogP contribution in [-0.2, 0) is 6.42 Å². The van der Waals surface area contributed by atoms with Gasteiger partial charge in [0.1, 0.15) is 23.1 Å². The number of rotatable bonds is 4. The molecule has 0 unspecified atom stereocenters. The summed E-state index contributed by atoms with van der Waals surface area (Å²) in [6.45, 7) is 4.14. The number of hydrogen-bond donors (Lipinski definition) is 1. The number of nitrogens with one attached hydrogen (secondary N) is 1. The zero-order chi connectivity index (χ0) is 15.4. The van der Waals surface area contributed by atoms with Crippen molar-refractivity contribution >= 4 is 23.2 Å². The summed E-state index contributed by atoms with van der Waals surface area (Å²) in [7, 11) is 0. The second-order valence-electron chi connectivity index (χ2n) is 5.51. The molecule has 3 rings (SSSR count). The summed E-state index contributed by atoms with van der Waals surface area (Å²) in [6.07, 6.45) is 6.60. The molecule has 0 aromatic carbocycles. The SMILES string of the molecule is CCc1ccc(N2CCC(Nc3cc(Cl)ncn3)CC2)nc1. The summed E-state index contributed by atoms with van der Waals surface area (Å²) in [5.74, 6) is 1.87. The van der Waals surface area contributed by atoms with Crippen molar-refractivity contribution in [3.8, 4) is 0 Å². The first-order chi connectivity index (χ1) is 10.7. The number of anilines is 2. The minimum atomic E-state index is 0.414. The van der Waals surface area contributed by atoms with Crippen molar-refractivity contribution in [1.29, 1.82) is 0 Å². The highest BCUT2D eigenvalue weighted by atomic mass is 35.5. The molecule has 3 heterocycles. The molecule has 116 valence electrons. The van der Waals surface area contributed by atoms with Crippen LogP contribution in [0, 0.1) is 0 Å². The van der Waals surface area contributed by atoms with Crippen LogP contribution in [0.3, 0.4) is 0 Å². The number of pyridine rings is 1. The van der Waals surface area contributed by atoms with Crippen LogP contribution in [-0.4, -0.2) is 34.1 Å². The Hall–Kier alpha value is -1.88. The molecule has 1 fully saturated rings. The van der Waals surface area contributed by atoms with E-state index in [1.54, 1.807) is 6.07 Å². The van der Waals surface area contributed by atoms with Gasteiger partial charge in [0.05, 0.1) is 0 Å². The summed E-state index contributed by atoms with van der Waals surface area (Å²) in [5, 5.41) is 3.90. The molecule has 6 heteroatoms. The molecule has 1 saturated heterocycles. The Labute approximate surface area is 135 Å². The number of hydrogen-bond acceptors (Lipinski definition) is 5. The fourth-order valence-electron chi connectivity index (χ4n) is 2.69. The Bertz CT molecular complexity index is 608. The number of aryl methyl sites for hydroxylation is 1.